The first-order chi connectivity index (χ1) is 14.8. The number of ether oxygens (including phenoxy) is 1. The van der Waals surface area contributed by atoms with Gasteiger partial charge in [-0.2, -0.15) is 0 Å². The number of aromatic nitrogens is 3. The maximum atomic E-state index is 12.2. The van der Waals surface area contributed by atoms with Crippen LogP contribution in [-0.4, -0.2) is 52.1 Å². The number of nitrogens with zero attached hydrogens (tertiary/aromatic N) is 3. The molecule has 1 aliphatic rings. The molecule has 1 aliphatic heterocycles. The van der Waals surface area contributed by atoms with Crippen LogP contribution in [0.5, 0.6) is 0 Å². The van der Waals surface area contributed by atoms with Crippen LogP contribution >= 0.6 is 0 Å². The van der Waals surface area contributed by atoms with Gasteiger partial charge in [-0.3, -0.25) is 9.78 Å². The Morgan fingerprint density at radius 2 is 2.10 bits per heavy atom. The van der Waals surface area contributed by atoms with Crippen molar-refractivity contribution in [2.75, 3.05) is 26.3 Å². The Labute approximate surface area is 175 Å². The molecule has 0 aliphatic carbocycles. The second-order valence-electron chi connectivity index (χ2n) is 6.91. The van der Waals surface area contributed by atoms with E-state index in [4.69, 9.17) is 11.2 Å². The van der Waals surface area contributed by atoms with Gasteiger partial charge < -0.3 is 14.6 Å². The molecule has 0 radical (unpaired) electrons. The zero-order valence-corrected chi connectivity index (χ0v) is 16.5. The second-order valence-corrected chi connectivity index (χ2v) is 6.91. The number of hydrogen-bond acceptors (Lipinski definition) is 4. The summed E-state index contributed by atoms with van der Waals surface area (Å²) < 4.78 is 5.28. The Morgan fingerprint density at radius 3 is 2.87 bits per heavy atom. The summed E-state index contributed by atoms with van der Waals surface area (Å²) in [7, 11) is 0. The van der Waals surface area contributed by atoms with Crippen molar-refractivity contribution < 1.29 is 9.53 Å². The number of carbonyl (C=O) groups is 1. The molecule has 4 heterocycles. The first-order valence-corrected chi connectivity index (χ1v) is 9.83. The smallest absolute Gasteiger partial charge is 0.226 e. The second kappa shape index (κ2) is 9.21. The summed E-state index contributed by atoms with van der Waals surface area (Å²) in [5.41, 5.74) is 4.46. The lowest BCUT2D eigenvalue weighted by Gasteiger charge is -2.26. The van der Waals surface area contributed by atoms with Gasteiger partial charge in [-0.25, -0.2) is 4.98 Å². The highest BCUT2D eigenvalue weighted by Gasteiger charge is 2.15. The SMILES string of the molecule is C#C/C(=C\C=C/CC(=O)N1CCOCC1)c1cnc2[nH]cc(-c3ccncc3)c2c1. The van der Waals surface area contributed by atoms with Crippen molar-refractivity contribution in [3.63, 3.8) is 0 Å². The zero-order valence-electron chi connectivity index (χ0n) is 16.5. The van der Waals surface area contributed by atoms with Crippen molar-refractivity contribution in [2.24, 2.45) is 0 Å². The number of carbonyl (C=O) groups excluding carboxylic acids is 1. The van der Waals surface area contributed by atoms with Gasteiger partial charge in [0.05, 0.1) is 13.2 Å². The molecular weight excluding hydrogens is 376 g/mol. The Morgan fingerprint density at radius 1 is 1.30 bits per heavy atom. The number of pyridine rings is 2. The molecule has 3 aromatic heterocycles. The van der Waals surface area contributed by atoms with Crippen LogP contribution in [0.3, 0.4) is 0 Å². The summed E-state index contributed by atoms with van der Waals surface area (Å²) in [6.45, 7) is 2.51. The summed E-state index contributed by atoms with van der Waals surface area (Å²) in [5.74, 6) is 2.82. The van der Waals surface area contributed by atoms with Crippen molar-refractivity contribution >= 4 is 22.5 Å². The molecule has 3 aromatic rings. The summed E-state index contributed by atoms with van der Waals surface area (Å²) in [6, 6.07) is 5.95. The van der Waals surface area contributed by atoms with Crippen LogP contribution in [0.4, 0.5) is 0 Å². The molecule has 6 heteroatoms. The van der Waals surface area contributed by atoms with Crippen molar-refractivity contribution in [1.82, 2.24) is 19.9 Å². The fourth-order valence-electron chi connectivity index (χ4n) is 3.42. The molecule has 30 heavy (non-hydrogen) atoms. The molecular formula is C24H22N4O2. The van der Waals surface area contributed by atoms with Gasteiger partial charge in [0.15, 0.2) is 0 Å². The summed E-state index contributed by atoms with van der Waals surface area (Å²) >= 11 is 0. The minimum Gasteiger partial charge on any atom is -0.378 e. The van der Waals surface area contributed by atoms with Crippen molar-refractivity contribution in [3.05, 3.63) is 66.8 Å². The Hall–Kier alpha value is -3.69. The molecule has 1 saturated heterocycles. The standard InChI is InChI=1S/C24H22N4O2/c1-2-18(5-3-4-6-23(29)28-11-13-30-14-12-28)20-15-21-22(17-27-24(21)26-16-20)19-7-9-25-10-8-19/h1,3-5,7-10,15-17H,6,11-14H2,(H,26,27)/b4-3-,18-5+. The van der Waals surface area contributed by atoms with Gasteiger partial charge in [-0.05, 0) is 29.8 Å². The van der Waals surface area contributed by atoms with Crippen LogP contribution in [0.25, 0.3) is 27.7 Å². The normalized spacial score (nSPS) is 14.9. The van der Waals surface area contributed by atoms with Gasteiger partial charge in [-0.1, -0.05) is 18.1 Å². The first kappa shape index (κ1) is 19.6. The highest BCUT2D eigenvalue weighted by atomic mass is 16.5. The Balaban J connectivity index is 1.52. The third-order valence-corrected chi connectivity index (χ3v) is 5.04. The lowest BCUT2D eigenvalue weighted by atomic mass is 10.0. The number of allylic oxidation sites excluding steroid dienone is 3. The number of nitrogens with one attached hydrogen (secondary N) is 1. The number of H-pyrrole nitrogens is 1. The molecule has 0 aromatic carbocycles. The van der Waals surface area contributed by atoms with Crippen LogP contribution in [-0.2, 0) is 9.53 Å². The van der Waals surface area contributed by atoms with E-state index in [2.05, 4.69) is 20.9 Å². The van der Waals surface area contributed by atoms with E-state index >= 15 is 0 Å². The first-order valence-electron chi connectivity index (χ1n) is 9.83. The van der Waals surface area contributed by atoms with Crippen LogP contribution < -0.4 is 0 Å². The van der Waals surface area contributed by atoms with Gasteiger partial charge in [0.25, 0.3) is 0 Å². The maximum Gasteiger partial charge on any atom is 0.226 e. The van der Waals surface area contributed by atoms with Crippen LogP contribution in [0.2, 0.25) is 0 Å². The lowest BCUT2D eigenvalue weighted by Crippen LogP contribution is -2.40. The number of hydrogen-bond donors (Lipinski definition) is 1. The molecule has 1 amide bonds. The zero-order chi connectivity index (χ0) is 20.8. The van der Waals surface area contributed by atoms with Crippen molar-refractivity contribution in [1.29, 1.82) is 0 Å². The van der Waals surface area contributed by atoms with Gasteiger partial charge in [0.2, 0.25) is 5.91 Å². The predicted octanol–water partition coefficient (Wildman–Crippen LogP) is 3.45. The third kappa shape index (κ3) is 4.32. The summed E-state index contributed by atoms with van der Waals surface area (Å²) in [6.07, 6.45) is 18.8. The fraction of sp³-hybridized carbons (Fsp3) is 0.208. The molecule has 0 spiro atoms. The topological polar surface area (TPSA) is 71.1 Å². The average Bonchev–Trinajstić information content (AvgIpc) is 3.23. The highest BCUT2D eigenvalue weighted by molar-refractivity contribution is 5.96. The third-order valence-electron chi connectivity index (χ3n) is 5.04. The van der Waals surface area contributed by atoms with Gasteiger partial charge in [0, 0.05) is 66.4 Å². The van der Waals surface area contributed by atoms with Crippen LogP contribution in [0, 0.1) is 12.3 Å². The highest BCUT2D eigenvalue weighted by Crippen LogP contribution is 2.29. The monoisotopic (exact) mass is 398 g/mol. The van der Waals surface area contributed by atoms with Gasteiger partial charge in [0.1, 0.15) is 5.65 Å². The number of terminal acetylenes is 1. The number of aromatic amines is 1. The van der Waals surface area contributed by atoms with Crippen molar-refractivity contribution in [3.8, 4) is 23.5 Å². The number of amides is 1. The summed E-state index contributed by atoms with van der Waals surface area (Å²) in [5, 5.41) is 0.992. The molecule has 0 unspecified atom stereocenters. The molecule has 0 bridgehead atoms. The molecule has 0 saturated carbocycles. The average molecular weight is 398 g/mol. The van der Waals surface area contributed by atoms with E-state index < -0.39 is 0 Å². The molecule has 1 N–H and O–H groups in total. The van der Waals surface area contributed by atoms with Crippen molar-refractivity contribution in [2.45, 2.75) is 6.42 Å². The molecule has 150 valence electrons. The molecule has 1 fully saturated rings. The minimum absolute atomic E-state index is 0.0996. The largest absolute Gasteiger partial charge is 0.378 e. The quantitative estimate of drug-likeness (QED) is 0.528. The number of morpholine rings is 1. The van der Waals surface area contributed by atoms with E-state index in [0.717, 1.165) is 27.7 Å². The molecule has 6 nitrogen and oxygen atoms in total. The molecule has 0 atom stereocenters. The Kier molecular flexibility index (Phi) is 6.02. The van der Waals surface area contributed by atoms with Crippen LogP contribution in [0.15, 0.2) is 61.2 Å². The number of rotatable bonds is 5. The predicted molar refractivity (Wildman–Crippen MR) is 117 cm³/mol. The lowest BCUT2D eigenvalue weighted by molar-refractivity contribution is -0.134. The van der Waals surface area contributed by atoms with Crippen LogP contribution in [0.1, 0.15) is 12.0 Å². The van der Waals surface area contributed by atoms with E-state index in [9.17, 15) is 4.79 Å². The van der Waals surface area contributed by atoms with E-state index in [1.165, 1.54) is 0 Å². The van der Waals surface area contributed by atoms with E-state index in [1.54, 1.807) is 18.6 Å². The number of fused-ring (bicyclic) bond motifs is 1. The summed E-state index contributed by atoms with van der Waals surface area (Å²) in [4.78, 5) is 25.8. The van der Waals surface area contributed by atoms with Gasteiger partial charge >= 0.3 is 0 Å². The molecule has 4 rings (SSSR count). The van der Waals surface area contributed by atoms with E-state index in [-0.39, 0.29) is 5.91 Å². The van der Waals surface area contributed by atoms with Gasteiger partial charge in [-0.15, -0.1) is 6.42 Å². The maximum absolute atomic E-state index is 12.2. The fourth-order valence-corrected chi connectivity index (χ4v) is 3.42. The van der Waals surface area contributed by atoms with E-state index in [0.29, 0.717) is 38.3 Å². The van der Waals surface area contributed by atoms with E-state index in [1.807, 2.05) is 47.5 Å². The minimum atomic E-state index is 0.0996. The Bertz CT molecular complexity index is 1130.